The molecule has 1 aromatic carbocycles. The quantitative estimate of drug-likeness (QED) is 0.846. The molecule has 0 unspecified atom stereocenters. The largest absolute Gasteiger partial charge is 0.325 e. The lowest BCUT2D eigenvalue weighted by Gasteiger charge is -2.36. The molecule has 0 heterocycles. The average molecular weight is 272 g/mol. The van der Waals surface area contributed by atoms with Crippen LogP contribution in [-0.4, -0.2) is 5.54 Å². The van der Waals surface area contributed by atoms with Crippen LogP contribution in [0.4, 0.5) is 0 Å². The Morgan fingerprint density at radius 3 is 2.47 bits per heavy atom. The maximum absolute atomic E-state index is 6.47. The Balaban J connectivity index is 2.07. The molecule has 1 nitrogen and oxygen atoms in total. The molecule has 1 fully saturated rings. The lowest BCUT2D eigenvalue weighted by Crippen LogP contribution is -2.45. The highest BCUT2D eigenvalue weighted by atomic mass is 35.5. The van der Waals surface area contributed by atoms with E-state index in [4.69, 9.17) is 28.9 Å². The van der Waals surface area contributed by atoms with Crippen LogP contribution in [0.25, 0.3) is 0 Å². The van der Waals surface area contributed by atoms with Gasteiger partial charge in [-0.3, -0.25) is 0 Å². The van der Waals surface area contributed by atoms with E-state index in [0.717, 1.165) is 25.2 Å². The molecule has 1 aliphatic carbocycles. The van der Waals surface area contributed by atoms with Gasteiger partial charge >= 0.3 is 0 Å². The van der Waals surface area contributed by atoms with Crippen LogP contribution in [0.2, 0.25) is 10.0 Å². The molecule has 0 spiro atoms. The summed E-state index contributed by atoms with van der Waals surface area (Å²) in [5.41, 5.74) is 7.60. The summed E-state index contributed by atoms with van der Waals surface area (Å²) in [7, 11) is 0. The van der Waals surface area contributed by atoms with Crippen molar-refractivity contribution in [3.63, 3.8) is 0 Å². The van der Waals surface area contributed by atoms with Crippen molar-refractivity contribution in [2.24, 2.45) is 11.7 Å². The van der Waals surface area contributed by atoms with Crippen LogP contribution in [0.3, 0.4) is 0 Å². The third kappa shape index (κ3) is 3.37. The van der Waals surface area contributed by atoms with Crippen LogP contribution < -0.4 is 5.73 Å². The van der Waals surface area contributed by atoms with Gasteiger partial charge in [-0.25, -0.2) is 0 Å². The predicted molar refractivity (Wildman–Crippen MR) is 74.7 cm³/mol. The summed E-state index contributed by atoms with van der Waals surface area (Å²) in [4.78, 5) is 0. The summed E-state index contributed by atoms with van der Waals surface area (Å²) >= 11 is 11.9. The van der Waals surface area contributed by atoms with Gasteiger partial charge in [-0.05, 0) is 55.7 Å². The summed E-state index contributed by atoms with van der Waals surface area (Å²) in [5.74, 6) is 0.820. The monoisotopic (exact) mass is 271 g/mol. The molecule has 0 saturated heterocycles. The van der Waals surface area contributed by atoms with Gasteiger partial charge in [0.15, 0.2) is 0 Å². The van der Waals surface area contributed by atoms with Crippen molar-refractivity contribution in [3.8, 4) is 0 Å². The minimum atomic E-state index is -0.0519. The van der Waals surface area contributed by atoms with Crippen LogP contribution in [0.5, 0.6) is 0 Å². The average Bonchev–Trinajstić information content (AvgIpc) is 2.28. The van der Waals surface area contributed by atoms with Crippen molar-refractivity contribution in [2.45, 2.75) is 44.6 Å². The highest BCUT2D eigenvalue weighted by Gasteiger charge is 2.30. The lowest BCUT2D eigenvalue weighted by atomic mass is 9.75. The second-order valence-electron chi connectivity index (χ2n) is 5.47. The standard InChI is InChI=1S/C14H19Cl2N/c1-10-4-6-14(17,7-5-10)9-11-2-3-12(15)13(16)8-11/h2-3,8,10H,4-7,9,17H2,1H3. The van der Waals surface area contributed by atoms with Gasteiger partial charge in [0.1, 0.15) is 0 Å². The summed E-state index contributed by atoms with van der Waals surface area (Å²) in [6.45, 7) is 2.30. The molecule has 0 bridgehead atoms. The maximum atomic E-state index is 6.47. The molecule has 2 rings (SSSR count). The molecule has 3 heteroatoms. The van der Waals surface area contributed by atoms with Crippen molar-refractivity contribution < 1.29 is 0 Å². The first-order chi connectivity index (χ1) is 7.98. The highest BCUT2D eigenvalue weighted by molar-refractivity contribution is 6.42. The zero-order valence-electron chi connectivity index (χ0n) is 10.2. The third-order valence-electron chi connectivity index (χ3n) is 3.81. The first-order valence-electron chi connectivity index (χ1n) is 6.21. The van der Waals surface area contributed by atoms with Gasteiger partial charge < -0.3 is 5.73 Å². The second-order valence-corrected chi connectivity index (χ2v) is 6.28. The molecule has 17 heavy (non-hydrogen) atoms. The summed E-state index contributed by atoms with van der Waals surface area (Å²) < 4.78 is 0. The molecule has 2 N–H and O–H groups in total. The first kappa shape index (κ1) is 13.2. The van der Waals surface area contributed by atoms with Crippen LogP contribution in [0.15, 0.2) is 18.2 Å². The number of hydrogen-bond donors (Lipinski definition) is 1. The van der Waals surface area contributed by atoms with Gasteiger partial charge in [-0.1, -0.05) is 36.2 Å². The van der Waals surface area contributed by atoms with Gasteiger partial charge in [0.25, 0.3) is 0 Å². The number of hydrogen-bond acceptors (Lipinski definition) is 1. The first-order valence-corrected chi connectivity index (χ1v) is 6.97. The molecule has 0 radical (unpaired) electrons. The maximum Gasteiger partial charge on any atom is 0.0595 e. The van der Waals surface area contributed by atoms with Crippen molar-refractivity contribution >= 4 is 23.2 Å². The van der Waals surface area contributed by atoms with Gasteiger partial charge in [0.05, 0.1) is 10.0 Å². The second kappa shape index (κ2) is 5.17. The molecule has 0 aliphatic heterocycles. The lowest BCUT2D eigenvalue weighted by molar-refractivity contribution is 0.243. The Hall–Kier alpha value is -0.240. The molecule has 1 aromatic rings. The molecule has 0 atom stereocenters. The van der Waals surface area contributed by atoms with Crippen LogP contribution >= 0.6 is 23.2 Å². The molecular formula is C14H19Cl2N. The zero-order valence-corrected chi connectivity index (χ0v) is 11.7. The normalized spacial score (nSPS) is 29.3. The van der Waals surface area contributed by atoms with Gasteiger partial charge in [-0.15, -0.1) is 0 Å². The fraction of sp³-hybridized carbons (Fsp3) is 0.571. The minimum absolute atomic E-state index is 0.0519. The van der Waals surface area contributed by atoms with Crippen molar-refractivity contribution in [1.82, 2.24) is 0 Å². The zero-order chi connectivity index (χ0) is 12.5. The third-order valence-corrected chi connectivity index (χ3v) is 4.55. The highest BCUT2D eigenvalue weighted by Crippen LogP contribution is 2.33. The van der Waals surface area contributed by atoms with E-state index >= 15 is 0 Å². The molecule has 0 aromatic heterocycles. The van der Waals surface area contributed by atoms with Crippen LogP contribution in [0, 0.1) is 5.92 Å². The fourth-order valence-electron chi connectivity index (χ4n) is 2.57. The van der Waals surface area contributed by atoms with Gasteiger partial charge in [0, 0.05) is 5.54 Å². The molecule has 1 saturated carbocycles. The van der Waals surface area contributed by atoms with E-state index in [1.54, 1.807) is 0 Å². The minimum Gasteiger partial charge on any atom is -0.325 e. The van der Waals surface area contributed by atoms with Crippen molar-refractivity contribution in [1.29, 1.82) is 0 Å². The van der Waals surface area contributed by atoms with Crippen molar-refractivity contribution in [3.05, 3.63) is 33.8 Å². The Morgan fingerprint density at radius 2 is 1.88 bits per heavy atom. The summed E-state index contributed by atoms with van der Waals surface area (Å²) in [6.07, 6.45) is 5.58. The van der Waals surface area contributed by atoms with E-state index in [9.17, 15) is 0 Å². The van der Waals surface area contributed by atoms with Gasteiger partial charge in [-0.2, -0.15) is 0 Å². The van der Waals surface area contributed by atoms with E-state index in [1.807, 2.05) is 18.2 Å². The molecule has 0 amide bonds. The van der Waals surface area contributed by atoms with E-state index in [1.165, 1.54) is 18.4 Å². The van der Waals surface area contributed by atoms with E-state index in [0.29, 0.717) is 10.0 Å². The number of benzene rings is 1. The molecular weight excluding hydrogens is 253 g/mol. The SMILES string of the molecule is CC1CCC(N)(Cc2ccc(Cl)c(Cl)c2)CC1. The number of rotatable bonds is 2. The van der Waals surface area contributed by atoms with Gasteiger partial charge in [0.2, 0.25) is 0 Å². The Kier molecular flexibility index (Phi) is 4.02. The molecule has 1 aliphatic rings. The Bertz CT molecular complexity index is 395. The summed E-state index contributed by atoms with van der Waals surface area (Å²) in [5, 5.41) is 1.23. The van der Waals surface area contributed by atoms with Crippen LogP contribution in [0.1, 0.15) is 38.2 Å². The summed E-state index contributed by atoms with van der Waals surface area (Å²) in [6, 6.07) is 5.82. The molecule has 94 valence electrons. The van der Waals surface area contributed by atoms with Crippen molar-refractivity contribution in [2.75, 3.05) is 0 Å². The van der Waals surface area contributed by atoms with Crippen LogP contribution in [-0.2, 0) is 6.42 Å². The fourth-order valence-corrected chi connectivity index (χ4v) is 2.89. The number of halogens is 2. The Labute approximate surface area is 113 Å². The smallest absolute Gasteiger partial charge is 0.0595 e. The van der Waals surface area contributed by atoms with E-state index in [2.05, 4.69) is 6.92 Å². The number of nitrogens with two attached hydrogens (primary N) is 1. The van der Waals surface area contributed by atoms with E-state index in [-0.39, 0.29) is 5.54 Å². The topological polar surface area (TPSA) is 26.0 Å². The Morgan fingerprint density at radius 1 is 1.24 bits per heavy atom. The van der Waals surface area contributed by atoms with E-state index < -0.39 is 0 Å². The predicted octanol–water partition coefficient (Wildman–Crippen LogP) is 4.44.